The molecule has 20 heavy (non-hydrogen) atoms. The molecule has 1 aromatic rings. The van der Waals surface area contributed by atoms with E-state index in [1.54, 1.807) is 24.1 Å². The Labute approximate surface area is 127 Å². The predicted octanol–water partition coefficient (Wildman–Crippen LogP) is 4.44. The van der Waals surface area contributed by atoms with Gasteiger partial charge in [-0.3, -0.25) is 0 Å². The SMILES string of the molecule is CN(C(=O)OC(C)(C)C)C1(c2ccc(F)c(Br)c2)CC1. The van der Waals surface area contributed by atoms with Crippen LogP contribution in [-0.2, 0) is 10.3 Å². The molecule has 0 aromatic heterocycles. The summed E-state index contributed by atoms with van der Waals surface area (Å²) >= 11 is 3.19. The topological polar surface area (TPSA) is 29.5 Å². The van der Waals surface area contributed by atoms with Gasteiger partial charge in [-0.25, -0.2) is 9.18 Å². The molecule has 1 aliphatic rings. The Morgan fingerprint density at radius 3 is 2.45 bits per heavy atom. The van der Waals surface area contributed by atoms with Crippen LogP contribution in [0.1, 0.15) is 39.2 Å². The molecule has 0 spiro atoms. The van der Waals surface area contributed by atoms with Crippen molar-refractivity contribution in [3.8, 4) is 0 Å². The van der Waals surface area contributed by atoms with E-state index in [0.29, 0.717) is 4.47 Å². The lowest BCUT2D eigenvalue weighted by Gasteiger charge is -2.31. The molecule has 1 fully saturated rings. The molecule has 1 aliphatic carbocycles. The molecule has 0 atom stereocenters. The fourth-order valence-corrected chi connectivity index (χ4v) is 2.61. The number of nitrogens with zero attached hydrogens (tertiary/aromatic N) is 1. The molecule has 0 aliphatic heterocycles. The molecule has 0 bridgehead atoms. The van der Waals surface area contributed by atoms with E-state index in [4.69, 9.17) is 4.74 Å². The lowest BCUT2D eigenvalue weighted by atomic mass is 10.0. The van der Waals surface area contributed by atoms with Crippen LogP contribution in [0.5, 0.6) is 0 Å². The maximum absolute atomic E-state index is 13.3. The minimum atomic E-state index is -0.523. The van der Waals surface area contributed by atoms with Crippen molar-refractivity contribution in [1.82, 2.24) is 4.90 Å². The van der Waals surface area contributed by atoms with Gasteiger partial charge in [0.1, 0.15) is 11.4 Å². The fourth-order valence-electron chi connectivity index (χ4n) is 2.23. The number of halogens is 2. The van der Waals surface area contributed by atoms with Crippen LogP contribution in [-0.4, -0.2) is 23.6 Å². The fraction of sp³-hybridized carbons (Fsp3) is 0.533. The number of amides is 1. The van der Waals surface area contributed by atoms with Crippen LogP contribution in [0.3, 0.4) is 0 Å². The average Bonchev–Trinajstić information content (AvgIpc) is 3.11. The van der Waals surface area contributed by atoms with Crippen LogP contribution in [0.2, 0.25) is 0 Å². The molecule has 3 nitrogen and oxygen atoms in total. The number of ether oxygens (including phenoxy) is 1. The minimum Gasteiger partial charge on any atom is -0.444 e. The van der Waals surface area contributed by atoms with Gasteiger partial charge >= 0.3 is 6.09 Å². The molecular weight excluding hydrogens is 325 g/mol. The molecule has 0 radical (unpaired) electrons. The summed E-state index contributed by atoms with van der Waals surface area (Å²) in [6.07, 6.45) is 1.37. The Bertz CT molecular complexity index is 535. The van der Waals surface area contributed by atoms with Crippen molar-refractivity contribution in [2.24, 2.45) is 0 Å². The maximum atomic E-state index is 13.3. The predicted molar refractivity (Wildman–Crippen MR) is 79.0 cm³/mol. The number of carbonyl (C=O) groups is 1. The molecule has 0 heterocycles. The summed E-state index contributed by atoms with van der Waals surface area (Å²) < 4.78 is 19.2. The highest BCUT2D eigenvalue weighted by molar-refractivity contribution is 9.10. The van der Waals surface area contributed by atoms with Crippen molar-refractivity contribution >= 4 is 22.0 Å². The molecule has 0 N–H and O–H groups in total. The monoisotopic (exact) mass is 343 g/mol. The molecule has 1 amide bonds. The Balaban J connectivity index is 2.22. The average molecular weight is 344 g/mol. The summed E-state index contributed by atoms with van der Waals surface area (Å²) in [6, 6.07) is 4.89. The van der Waals surface area contributed by atoms with Gasteiger partial charge in [0.05, 0.1) is 10.0 Å². The van der Waals surface area contributed by atoms with Crippen LogP contribution < -0.4 is 0 Å². The molecule has 1 saturated carbocycles. The smallest absolute Gasteiger partial charge is 0.410 e. The first-order chi connectivity index (χ1) is 9.16. The van der Waals surface area contributed by atoms with Crippen LogP contribution in [0, 0.1) is 5.82 Å². The van der Waals surface area contributed by atoms with Gasteiger partial charge in [0.2, 0.25) is 0 Å². The van der Waals surface area contributed by atoms with Crippen molar-refractivity contribution in [3.05, 3.63) is 34.1 Å². The van der Waals surface area contributed by atoms with E-state index in [9.17, 15) is 9.18 Å². The van der Waals surface area contributed by atoms with E-state index in [2.05, 4.69) is 15.9 Å². The van der Waals surface area contributed by atoms with Gasteiger partial charge in [-0.15, -0.1) is 0 Å². The van der Waals surface area contributed by atoms with E-state index in [1.165, 1.54) is 6.07 Å². The third kappa shape index (κ3) is 2.97. The van der Waals surface area contributed by atoms with Crippen molar-refractivity contribution in [3.63, 3.8) is 0 Å². The number of benzene rings is 1. The highest BCUT2D eigenvalue weighted by Gasteiger charge is 2.51. The zero-order valence-electron chi connectivity index (χ0n) is 12.2. The second-order valence-electron chi connectivity index (χ2n) is 6.20. The molecule has 1 aromatic carbocycles. The van der Waals surface area contributed by atoms with Crippen LogP contribution >= 0.6 is 15.9 Å². The van der Waals surface area contributed by atoms with Crippen LogP contribution in [0.4, 0.5) is 9.18 Å². The quantitative estimate of drug-likeness (QED) is 0.794. The zero-order valence-corrected chi connectivity index (χ0v) is 13.8. The Morgan fingerprint density at radius 2 is 2.00 bits per heavy atom. The van der Waals surface area contributed by atoms with E-state index in [0.717, 1.165) is 18.4 Å². The van der Waals surface area contributed by atoms with E-state index >= 15 is 0 Å². The van der Waals surface area contributed by atoms with Crippen LogP contribution in [0.25, 0.3) is 0 Å². The van der Waals surface area contributed by atoms with Crippen LogP contribution in [0.15, 0.2) is 22.7 Å². The van der Waals surface area contributed by atoms with Gasteiger partial charge in [-0.05, 0) is 67.2 Å². The van der Waals surface area contributed by atoms with E-state index in [1.807, 2.05) is 20.8 Å². The molecular formula is C15H19BrFNO2. The maximum Gasteiger partial charge on any atom is 0.410 e. The summed E-state index contributed by atoms with van der Waals surface area (Å²) in [5.41, 5.74) is 0.0442. The Kier molecular flexibility index (Phi) is 3.84. The third-order valence-electron chi connectivity index (χ3n) is 3.49. The zero-order chi connectivity index (χ0) is 15.1. The normalized spacial score (nSPS) is 16.7. The van der Waals surface area contributed by atoms with Crippen molar-refractivity contribution in [2.45, 2.75) is 44.8 Å². The summed E-state index contributed by atoms with van der Waals surface area (Å²) in [5.74, 6) is -0.301. The van der Waals surface area contributed by atoms with Crippen molar-refractivity contribution in [1.29, 1.82) is 0 Å². The van der Waals surface area contributed by atoms with E-state index in [-0.39, 0.29) is 17.4 Å². The highest BCUT2D eigenvalue weighted by atomic mass is 79.9. The lowest BCUT2D eigenvalue weighted by molar-refractivity contribution is 0.0190. The summed E-state index contributed by atoms with van der Waals surface area (Å²) in [5, 5.41) is 0. The number of hydrogen-bond acceptors (Lipinski definition) is 2. The van der Waals surface area contributed by atoms with Gasteiger partial charge < -0.3 is 9.64 Å². The third-order valence-corrected chi connectivity index (χ3v) is 4.10. The Hall–Kier alpha value is -1.10. The summed E-state index contributed by atoms with van der Waals surface area (Å²) in [7, 11) is 1.73. The first-order valence-electron chi connectivity index (χ1n) is 6.58. The molecule has 110 valence electrons. The summed E-state index contributed by atoms with van der Waals surface area (Å²) in [4.78, 5) is 13.8. The van der Waals surface area contributed by atoms with E-state index < -0.39 is 5.60 Å². The molecule has 5 heteroatoms. The van der Waals surface area contributed by atoms with Gasteiger partial charge in [0, 0.05) is 7.05 Å². The highest BCUT2D eigenvalue weighted by Crippen LogP contribution is 2.51. The van der Waals surface area contributed by atoms with Gasteiger partial charge in [0.15, 0.2) is 0 Å². The summed E-state index contributed by atoms with van der Waals surface area (Å²) in [6.45, 7) is 5.52. The van der Waals surface area contributed by atoms with Gasteiger partial charge in [-0.2, -0.15) is 0 Å². The largest absolute Gasteiger partial charge is 0.444 e. The first-order valence-corrected chi connectivity index (χ1v) is 7.37. The van der Waals surface area contributed by atoms with Gasteiger partial charge in [-0.1, -0.05) is 6.07 Å². The molecule has 0 saturated heterocycles. The molecule has 2 rings (SSSR count). The van der Waals surface area contributed by atoms with Gasteiger partial charge in [0.25, 0.3) is 0 Å². The number of rotatable bonds is 2. The number of carbonyl (C=O) groups excluding carboxylic acids is 1. The van der Waals surface area contributed by atoms with Crippen molar-refractivity contribution < 1.29 is 13.9 Å². The lowest BCUT2D eigenvalue weighted by Crippen LogP contribution is -2.40. The van der Waals surface area contributed by atoms with Crippen molar-refractivity contribution in [2.75, 3.05) is 7.05 Å². The number of hydrogen-bond donors (Lipinski definition) is 0. The second-order valence-corrected chi connectivity index (χ2v) is 7.05. The second kappa shape index (κ2) is 5.02. The Morgan fingerprint density at radius 1 is 1.40 bits per heavy atom. The first kappa shape index (κ1) is 15.3. The molecule has 0 unspecified atom stereocenters. The minimum absolute atomic E-state index is 0.301. The standard InChI is InChI=1S/C15H19BrFNO2/c1-14(2,3)20-13(19)18(4)15(7-8-15)10-5-6-12(17)11(16)9-10/h5-6,9H,7-8H2,1-4H3.